The number of hydrogen-bond acceptors (Lipinski definition) is 9. The van der Waals surface area contributed by atoms with Gasteiger partial charge in [-0.1, -0.05) is 74.5 Å². The fraction of sp³-hybridized carbons (Fsp3) is 0.293. The van der Waals surface area contributed by atoms with Gasteiger partial charge < -0.3 is 19.3 Å². The lowest BCUT2D eigenvalue weighted by Gasteiger charge is -2.27. The molecule has 0 saturated carbocycles. The fourth-order valence-electron chi connectivity index (χ4n) is 6.93. The Bertz CT molecular complexity index is 2020. The zero-order chi connectivity index (χ0) is 34.0. The van der Waals surface area contributed by atoms with Gasteiger partial charge in [0.2, 0.25) is 0 Å². The Balaban J connectivity index is 1.01. The molecule has 0 aliphatic carbocycles. The average molecular weight is 665 g/mol. The van der Waals surface area contributed by atoms with Crippen molar-refractivity contribution in [2.75, 3.05) is 62.4 Å². The van der Waals surface area contributed by atoms with Crippen molar-refractivity contribution in [3.05, 3.63) is 108 Å². The van der Waals surface area contributed by atoms with Gasteiger partial charge in [-0.15, -0.1) is 0 Å². The van der Waals surface area contributed by atoms with Crippen molar-refractivity contribution in [1.82, 2.24) is 19.9 Å². The maximum absolute atomic E-state index is 14.0. The number of anilines is 2. The van der Waals surface area contributed by atoms with Gasteiger partial charge in [0.1, 0.15) is 17.4 Å². The number of fused-ring (bicyclic) bond motifs is 2. The second-order valence-electron chi connectivity index (χ2n) is 13.2. The second kappa shape index (κ2) is 13.9. The number of carbonyl (C=O) groups excluding carboxylic acids is 1. The van der Waals surface area contributed by atoms with E-state index in [0.717, 1.165) is 93.3 Å². The van der Waals surface area contributed by atoms with Crippen molar-refractivity contribution < 1.29 is 14.3 Å². The third kappa shape index (κ3) is 6.54. The van der Waals surface area contributed by atoms with E-state index in [0.29, 0.717) is 26.4 Å². The molecule has 2 atom stereocenters. The van der Waals surface area contributed by atoms with Crippen molar-refractivity contribution in [2.45, 2.75) is 25.7 Å². The first-order chi connectivity index (χ1) is 24.5. The summed E-state index contributed by atoms with van der Waals surface area (Å²) in [4.78, 5) is 37.6. The van der Waals surface area contributed by atoms with Crippen molar-refractivity contribution in [1.29, 1.82) is 0 Å². The number of aromatic nitrogens is 4. The minimum Gasteiger partial charge on any atom is -0.378 e. The topological polar surface area (TPSA) is 93.6 Å². The van der Waals surface area contributed by atoms with Gasteiger partial charge in [-0.05, 0) is 57.6 Å². The molecule has 2 fully saturated rings. The van der Waals surface area contributed by atoms with Crippen LogP contribution in [0, 0.1) is 0 Å². The molecular weight excluding hydrogens is 624 g/mol. The summed E-state index contributed by atoms with van der Waals surface area (Å²) in [6, 6.07) is 29.0. The number of Topliss-reactive ketones (excluding diaryl/α,β-unsaturated/α-hetero) is 1. The van der Waals surface area contributed by atoms with Crippen LogP contribution in [0.2, 0.25) is 0 Å². The molecular formula is C41H40N6O3. The van der Waals surface area contributed by atoms with E-state index in [1.54, 1.807) is 0 Å². The monoisotopic (exact) mass is 664 g/mol. The predicted molar refractivity (Wildman–Crippen MR) is 198 cm³/mol. The average Bonchev–Trinajstić information content (AvgIpc) is 3.20. The van der Waals surface area contributed by atoms with E-state index in [9.17, 15) is 4.79 Å². The van der Waals surface area contributed by atoms with E-state index in [1.807, 2.05) is 62.6 Å². The maximum Gasteiger partial charge on any atom is 0.148 e. The lowest BCUT2D eigenvalue weighted by Crippen LogP contribution is -2.36. The van der Waals surface area contributed by atoms with Gasteiger partial charge in [-0.25, -0.2) is 9.97 Å². The summed E-state index contributed by atoms with van der Waals surface area (Å²) in [5.74, 6) is 1.36. The third-order valence-corrected chi connectivity index (χ3v) is 10.0. The highest BCUT2D eigenvalue weighted by Gasteiger charge is 2.24. The van der Waals surface area contributed by atoms with Crippen molar-refractivity contribution in [3.63, 3.8) is 0 Å². The molecule has 2 aliphatic rings. The largest absolute Gasteiger partial charge is 0.378 e. The van der Waals surface area contributed by atoms with Gasteiger partial charge in [-0.3, -0.25) is 14.8 Å². The van der Waals surface area contributed by atoms with Crippen LogP contribution in [0.25, 0.3) is 44.3 Å². The summed E-state index contributed by atoms with van der Waals surface area (Å²) in [7, 11) is 0. The lowest BCUT2D eigenvalue weighted by molar-refractivity contribution is -0.121. The Morgan fingerprint density at radius 1 is 0.560 bits per heavy atom. The Labute approximate surface area is 291 Å². The molecule has 6 aromatic rings. The van der Waals surface area contributed by atoms with Crippen LogP contribution < -0.4 is 9.80 Å². The van der Waals surface area contributed by atoms with Crippen LogP contribution in [0.4, 0.5) is 11.6 Å². The fourth-order valence-corrected chi connectivity index (χ4v) is 6.93. The number of benzene rings is 4. The molecule has 2 saturated heterocycles. The number of nitrogens with zero attached hydrogens (tertiary/aromatic N) is 6. The highest BCUT2D eigenvalue weighted by molar-refractivity contribution is 5.92. The van der Waals surface area contributed by atoms with Crippen LogP contribution in [-0.4, -0.2) is 78.3 Å². The number of rotatable bonds is 8. The van der Waals surface area contributed by atoms with E-state index in [1.165, 1.54) is 0 Å². The summed E-state index contributed by atoms with van der Waals surface area (Å²) in [6.45, 7) is 10.1. The van der Waals surface area contributed by atoms with Gasteiger partial charge >= 0.3 is 0 Å². The van der Waals surface area contributed by atoms with Gasteiger partial charge in [-0.2, -0.15) is 0 Å². The van der Waals surface area contributed by atoms with Crippen molar-refractivity contribution >= 4 is 39.5 Å². The number of ketones is 1. The van der Waals surface area contributed by atoms with Crippen molar-refractivity contribution in [3.8, 4) is 22.3 Å². The minimum absolute atomic E-state index is 0.179. The molecule has 0 spiro atoms. The lowest BCUT2D eigenvalue weighted by atomic mass is 9.84. The summed E-state index contributed by atoms with van der Waals surface area (Å²) in [6.07, 6.45) is 3.69. The van der Waals surface area contributed by atoms with E-state index < -0.39 is 0 Å². The molecule has 0 N–H and O–H groups in total. The normalized spacial score (nSPS) is 16.4. The molecule has 4 heterocycles. The van der Waals surface area contributed by atoms with Crippen LogP contribution >= 0.6 is 0 Å². The molecule has 2 aliphatic heterocycles. The first-order valence-corrected chi connectivity index (χ1v) is 17.4. The molecule has 2 aromatic heterocycles. The quantitative estimate of drug-likeness (QED) is 0.170. The van der Waals surface area contributed by atoms with Crippen molar-refractivity contribution in [2.24, 2.45) is 0 Å². The molecule has 0 bridgehead atoms. The highest BCUT2D eigenvalue weighted by atomic mass is 16.5. The van der Waals surface area contributed by atoms with Gasteiger partial charge in [0.15, 0.2) is 0 Å². The molecule has 9 nitrogen and oxygen atoms in total. The standard InChI is InChI=1S/C41H40N6O3/c1-27(29-5-3-7-31(21-29)33-9-11-35-37(23-33)44-39(25-42-35)46-13-17-49-18-14-46)41(48)28(2)30-6-4-8-32(22-30)34-10-12-36-38(24-34)45-40(26-43-36)47-15-19-50-20-16-47/h3-12,21-28H,13-20H2,1-2H3. The third-order valence-electron chi connectivity index (χ3n) is 10.0. The Kier molecular flexibility index (Phi) is 8.91. The van der Waals surface area contributed by atoms with Crippen LogP contribution in [-0.2, 0) is 14.3 Å². The van der Waals surface area contributed by atoms with Crippen LogP contribution in [0.3, 0.4) is 0 Å². The minimum atomic E-state index is -0.281. The Morgan fingerprint density at radius 2 is 0.980 bits per heavy atom. The van der Waals surface area contributed by atoms with Gasteiger partial charge in [0.25, 0.3) is 0 Å². The second-order valence-corrected chi connectivity index (χ2v) is 13.2. The van der Waals surface area contributed by atoms with Crippen LogP contribution in [0.1, 0.15) is 36.8 Å². The van der Waals surface area contributed by atoms with Gasteiger partial charge in [0.05, 0.1) is 60.9 Å². The number of carbonyl (C=O) groups is 1. The van der Waals surface area contributed by atoms with E-state index in [-0.39, 0.29) is 17.6 Å². The summed E-state index contributed by atoms with van der Waals surface area (Å²) in [5, 5.41) is 0. The van der Waals surface area contributed by atoms with E-state index >= 15 is 0 Å². The number of hydrogen-bond donors (Lipinski definition) is 0. The summed E-state index contributed by atoms with van der Waals surface area (Å²) >= 11 is 0. The first-order valence-electron chi connectivity index (χ1n) is 17.4. The summed E-state index contributed by atoms with van der Waals surface area (Å²) < 4.78 is 11.0. The van der Waals surface area contributed by atoms with Crippen LogP contribution in [0.5, 0.6) is 0 Å². The zero-order valence-electron chi connectivity index (χ0n) is 28.5. The Hall–Kier alpha value is -5.25. The molecule has 0 radical (unpaired) electrons. The molecule has 8 rings (SSSR count). The molecule has 4 aromatic carbocycles. The predicted octanol–water partition coefficient (Wildman–Crippen LogP) is 7.06. The van der Waals surface area contributed by atoms with Crippen LogP contribution in [0.15, 0.2) is 97.3 Å². The Morgan fingerprint density at radius 3 is 1.42 bits per heavy atom. The first kappa shape index (κ1) is 32.0. The zero-order valence-corrected chi connectivity index (χ0v) is 28.5. The van der Waals surface area contributed by atoms with Gasteiger partial charge in [0, 0.05) is 38.0 Å². The molecule has 50 heavy (non-hydrogen) atoms. The smallest absolute Gasteiger partial charge is 0.148 e. The SMILES string of the molecule is CC(C(=O)C(C)c1cccc(-c2ccc3ncc(N4CCOCC4)nc3c2)c1)c1cccc(-c2ccc3ncc(N4CCOCC4)nc3c2)c1. The highest BCUT2D eigenvalue weighted by Crippen LogP contribution is 2.33. The molecule has 2 unspecified atom stereocenters. The number of ether oxygens (including phenoxy) is 2. The van der Waals surface area contributed by atoms with E-state index in [4.69, 9.17) is 19.4 Å². The van der Waals surface area contributed by atoms with E-state index in [2.05, 4.69) is 68.3 Å². The molecule has 252 valence electrons. The number of morpholine rings is 2. The molecule has 9 heteroatoms. The molecule has 0 amide bonds. The summed E-state index contributed by atoms with van der Waals surface area (Å²) in [5.41, 5.74) is 9.60. The maximum atomic E-state index is 14.0.